The molecule has 1 aromatic rings. The molecule has 1 heterocycles. The van der Waals surface area contributed by atoms with Crippen LogP contribution in [0.2, 0.25) is 5.02 Å². The molecule has 114 valence electrons. The first-order valence-electron chi connectivity index (χ1n) is 7.80. The van der Waals surface area contributed by atoms with E-state index in [0.717, 1.165) is 26.2 Å². The van der Waals surface area contributed by atoms with E-state index in [-0.39, 0.29) is 5.82 Å². The van der Waals surface area contributed by atoms with E-state index in [1.54, 1.807) is 12.1 Å². The summed E-state index contributed by atoms with van der Waals surface area (Å²) in [4.78, 5) is 4.85. The zero-order valence-corrected chi connectivity index (χ0v) is 13.0. The van der Waals surface area contributed by atoms with Crippen molar-refractivity contribution in [3.05, 3.63) is 46.8 Å². The minimum absolute atomic E-state index is 0.194. The Balaban J connectivity index is 1.56. The maximum absolute atomic E-state index is 13.8. The van der Waals surface area contributed by atoms with Gasteiger partial charge in [-0.15, -0.1) is 0 Å². The highest BCUT2D eigenvalue weighted by molar-refractivity contribution is 6.31. The summed E-state index contributed by atoms with van der Waals surface area (Å²) in [6.07, 6.45) is 8.46. The second-order valence-corrected chi connectivity index (χ2v) is 6.35. The average molecular weight is 309 g/mol. The van der Waals surface area contributed by atoms with Gasteiger partial charge in [0.15, 0.2) is 0 Å². The van der Waals surface area contributed by atoms with Gasteiger partial charge in [-0.3, -0.25) is 9.80 Å². The van der Waals surface area contributed by atoms with Crippen LogP contribution in [0.5, 0.6) is 0 Å². The zero-order chi connectivity index (χ0) is 14.7. The Morgan fingerprint density at radius 2 is 2.00 bits per heavy atom. The van der Waals surface area contributed by atoms with Crippen molar-refractivity contribution >= 4 is 11.6 Å². The smallest absolute Gasteiger partial charge is 0.129 e. The van der Waals surface area contributed by atoms with Crippen LogP contribution < -0.4 is 0 Å². The van der Waals surface area contributed by atoms with E-state index >= 15 is 0 Å². The topological polar surface area (TPSA) is 6.48 Å². The number of rotatable bonds is 3. The predicted molar refractivity (Wildman–Crippen MR) is 85.0 cm³/mol. The summed E-state index contributed by atoms with van der Waals surface area (Å²) in [6.45, 7) is 4.69. The molecular weight excluding hydrogens is 287 g/mol. The van der Waals surface area contributed by atoms with Crippen molar-refractivity contribution in [2.24, 2.45) is 0 Å². The zero-order valence-electron chi connectivity index (χ0n) is 12.3. The number of hydrogen-bond donors (Lipinski definition) is 0. The van der Waals surface area contributed by atoms with Gasteiger partial charge < -0.3 is 0 Å². The van der Waals surface area contributed by atoms with E-state index in [2.05, 4.69) is 22.0 Å². The monoisotopic (exact) mass is 308 g/mol. The Morgan fingerprint density at radius 1 is 1.19 bits per heavy atom. The van der Waals surface area contributed by atoms with Crippen molar-refractivity contribution in [2.45, 2.75) is 31.8 Å². The van der Waals surface area contributed by atoms with Crippen LogP contribution in [0, 0.1) is 5.82 Å². The fourth-order valence-electron chi connectivity index (χ4n) is 3.26. The Labute approximate surface area is 131 Å². The minimum atomic E-state index is -0.194. The first kappa shape index (κ1) is 15.0. The standard InChI is InChI=1S/C17H22ClFN2/c18-16-7-4-8-17(19)15(16)13-20-9-11-21(12-10-20)14-5-2-1-3-6-14/h2,4-5,7-8,14H,1,3,6,9-13H2. The van der Waals surface area contributed by atoms with Crippen molar-refractivity contribution in [3.8, 4) is 0 Å². The molecule has 1 aliphatic carbocycles. The normalized spacial score (nSPS) is 24.4. The molecule has 0 bridgehead atoms. The summed E-state index contributed by atoms with van der Waals surface area (Å²) < 4.78 is 13.8. The van der Waals surface area contributed by atoms with Gasteiger partial charge in [-0.25, -0.2) is 4.39 Å². The van der Waals surface area contributed by atoms with Crippen LogP contribution in [0.3, 0.4) is 0 Å². The van der Waals surface area contributed by atoms with E-state index < -0.39 is 0 Å². The van der Waals surface area contributed by atoms with Gasteiger partial charge in [-0.1, -0.05) is 29.8 Å². The molecule has 21 heavy (non-hydrogen) atoms. The second kappa shape index (κ2) is 6.91. The molecular formula is C17H22ClFN2. The molecule has 0 amide bonds. The van der Waals surface area contributed by atoms with Gasteiger partial charge in [0.25, 0.3) is 0 Å². The van der Waals surface area contributed by atoms with Crippen LogP contribution >= 0.6 is 11.6 Å². The van der Waals surface area contributed by atoms with Gasteiger partial charge in [0.1, 0.15) is 5.82 Å². The van der Waals surface area contributed by atoms with E-state index in [9.17, 15) is 4.39 Å². The number of benzene rings is 1. The molecule has 2 aliphatic rings. The maximum atomic E-state index is 13.8. The Bertz CT molecular complexity index is 489. The molecule has 4 heteroatoms. The highest BCUT2D eigenvalue weighted by Gasteiger charge is 2.23. The fourth-order valence-corrected chi connectivity index (χ4v) is 3.48. The second-order valence-electron chi connectivity index (χ2n) is 5.94. The summed E-state index contributed by atoms with van der Waals surface area (Å²) in [7, 11) is 0. The third kappa shape index (κ3) is 3.65. The number of piperazine rings is 1. The van der Waals surface area contributed by atoms with Gasteiger partial charge >= 0.3 is 0 Å². The number of allylic oxidation sites excluding steroid dienone is 1. The van der Waals surface area contributed by atoms with Crippen LogP contribution in [0.15, 0.2) is 30.4 Å². The lowest BCUT2D eigenvalue weighted by Crippen LogP contribution is -2.49. The average Bonchev–Trinajstić information content (AvgIpc) is 2.53. The third-order valence-corrected chi connectivity index (χ3v) is 4.90. The van der Waals surface area contributed by atoms with Crippen molar-refractivity contribution < 1.29 is 4.39 Å². The summed E-state index contributed by atoms with van der Waals surface area (Å²) in [6, 6.07) is 5.53. The van der Waals surface area contributed by atoms with Crippen LogP contribution in [0.25, 0.3) is 0 Å². The summed E-state index contributed by atoms with van der Waals surface area (Å²) >= 11 is 6.11. The Hall–Kier alpha value is -0.900. The lowest BCUT2D eigenvalue weighted by Gasteiger charge is -2.39. The minimum Gasteiger partial charge on any atom is -0.296 e. The molecule has 1 aromatic carbocycles. The SMILES string of the molecule is Fc1cccc(Cl)c1CN1CCN(C2C=CCCC2)CC1. The van der Waals surface area contributed by atoms with E-state index in [4.69, 9.17) is 11.6 Å². The molecule has 1 atom stereocenters. The number of hydrogen-bond acceptors (Lipinski definition) is 2. The molecule has 3 rings (SSSR count). The lowest BCUT2D eigenvalue weighted by molar-refractivity contribution is 0.101. The molecule has 1 unspecified atom stereocenters. The van der Waals surface area contributed by atoms with Gasteiger partial charge in [-0.05, 0) is 31.4 Å². The van der Waals surface area contributed by atoms with Gasteiger partial charge in [0.05, 0.1) is 0 Å². The quantitative estimate of drug-likeness (QED) is 0.786. The Morgan fingerprint density at radius 3 is 2.67 bits per heavy atom. The van der Waals surface area contributed by atoms with Crippen molar-refractivity contribution in [2.75, 3.05) is 26.2 Å². The molecule has 1 fully saturated rings. The van der Waals surface area contributed by atoms with E-state index in [0.29, 0.717) is 23.2 Å². The molecule has 1 aliphatic heterocycles. The van der Waals surface area contributed by atoms with Gasteiger partial charge in [-0.2, -0.15) is 0 Å². The molecule has 0 spiro atoms. The summed E-state index contributed by atoms with van der Waals surface area (Å²) in [5.74, 6) is -0.194. The highest BCUT2D eigenvalue weighted by Crippen LogP contribution is 2.23. The van der Waals surface area contributed by atoms with E-state index in [1.165, 1.54) is 25.3 Å². The van der Waals surface area contributed by atoms with Crippen molar-refractivity contribution in [1.29, 1.82) is 0 Å². The molecule has 0 N–H and O–H groups in total. The largest absolute Gasteiger partial charge is 0.296 e. The number of halogens is 2. The first-order valence-corrected chi connectivity index (χ1v) is 8.18. The number of nitrogens with zero attached hydrogens (tertiary/aromatic N) is 2. The van der Waals surface area contributed by atoms with Crippen LogP contribution in [-0.2, 0) is 6.54 Å². The van der Waals surface area contributed by atoms with Crippen molar-refractivity contribution in [1.82, 2.24) is 9.80 Å². The van der Waals surface area contributed by atoms with Gasteiger partial charge in [0.2, 0.25) is 0 Å². The molecule has 0 aromatic heterocycles. The molecule has 0 radical (unpaired) electrons. The van der Waals surface area contributed by atoms with E-state index in [1.807, 2.05) is 0 Å². The maximum Gasteiger partial charge on any atom is 0.129 e. The first-order chi connectivity index (χ1) is 10.2. The fraction of sp³-hybridized carbons (Fsp3) is 0.529. The molecule has 2 nitrogen and oxygen atoms in total. The predicted octanol–water partition coefficient (Wildman–Crippen LogP) is 3.71. The highest BCUT2D eigenvalue weighted by atomic mass is 35.5. The molecule has 0 saturated carbocycles. The van der Waals surface area contributed by atoms with Crippen molar-refractivity contribution in [3.63, 3.8) is 0 Å². The lowest BCUT2D eigenvalue weighted by atomic mass is 10.0. The van der Waals surface area contributed by atoms with Crippen LogP contribution in [0.1, 0.15) is 24.8 Å². The van der Waals surface area contributed by atoms with Gasteiger partial charge in [0, 0.05) is 49.4 Å². The molecule has 1 saturated heterocycles. The van der Waals surface area contributed by atoms with Crippen LogP contribution in [0.4, 0.5) is 4.39 Å². The third-order valence-electron chi connectivity index (χ3n) is 4.55. The summed E-state index contributed by atoms with van der Waals surface area (Å²) in [5, 5.41) is 0.535. The summed E-state index contributed by atoms with van der Waals surface area (Å²) in [5.41, 5.74) is 0.630. The Kier molecular flexibility index (Phi) is 4.94. The van der Waals surface area contributed by atoms with Crippen LogP contribution in [-0.4, -0.2) is 42.0 Å².